The Morgan fingerprint density at radius 1 is 1.53 bits per heavy atom. The van der Waals surface area contributed by atoms with E-state index in [1.807, 2.05) is 0 Å². The molecule has 6 nitrogen and oxygen atoms in total. The Morgan fingerprint density at radius 3 is 3.00 bits per heavy atom. The Morgan fingerprint density at radius 2 is 2.32 bits per heavy atom. The summed E-state index contributed by atoms with van der Waals surface area (Å²) in [5.41, 5.74) is 4.82. The van der Waals surface area contributed by atoms with E-state index in [4.69, 9.17) is 10.5 Å². The smallest absolute Gasteiger partial charge is 0.404 e. The van der Waals surface area contributed by atoms with Gasteiger partial charge in [0.05, 0.1) is 18.8 Å². The lowest BCUT2D eigenvalue weighted by Gasteiger charge is -2.27. The normalized spacial score (nSPS) is 24.9. The van der Waals surface area contributed by atoms with Crippen LogP contribution in [-0.2, 0) is 9.47 Å². The molecule has 0 aliphatic heterocycles. The molecule has 0 radical (unpaired) electrons. The average molecular weight is 274 g/mol. The van der Waals surface area contributed by atoms with Crippen LogP contribution in [0.2, 0.25) is 0 Å². The Bertz CT molecular complexity index is 263. The van der Waals surface area contributed by atoms with Crippen LogP contribution >= 0.6 is 0 Å². The van der Waals surface area contributed by atoms with Crippen LogP contribution in [0, 0.1) is 5.92 Å². The summed E-state index contributed by atoms with van der Waals surface area (Å²) in [4.78, 5) is 10.3. The summed E-state index contributed by atoms with van der Waals surface area (Å²) < 4.78 is 10.3. The highest BCUT2D eigenvalue weighted by Crippen LogP contribution is 2.25. The lowest BCUT2D eigenvalue weighted by molar-refractivity contribution is -0.0307. The predicted octanol–water partition coefficient (Wildman–Crippen LogP) is 0.628. The summed E-state index contributed by atoms with van der Waals surface area (Å²) in [6.45, 7) is 3.70. The van der Waals surface area contributed by atoms with Crippen LogP contribution in [-0.4, -0.2) is 49.7 Å². The van der Waals surface area contributed by atoms with E-state index in [1.165, 1.54) is 12.8 Å². The van der Waals surface area contributed by atoms with Crippen molar-refractivity contribution in [2.75, 3.05) is 26.3 Å². The van der Waals surface area contributed by atoms with E-state index < -0.39 is 12.2 Å². The van der Waals surface area contributed by atoms with Crippen LogP contribution in [0.4, 0.5) is 4.79 Å². The third-order valence-electron chi connectivity index (χ3n) is 3.32. The molecule has 1 fully saturated rings. The molecule has 4 N–H and O–H groups in total. The topological polar surface area (TPSA) is 93.8 Å². The van der Waals surface area contributed by atoms with Crippen molar-refractivity contribution in [3.63, 3.8) is 0 Å². The number of nitrogens with two attached hydrogens (primary N) is 1. The van der Waals surface area contributed by atoms with E-state index >= 15 is 0 Å². The first kappa shape index (κ1) is 16.2. The third kappa shape index (κ3) is 8.02. The number of amides is 1. The maximum atomic E-state index is 10.3. The van der Waals surface area contributed by atoms with Gasteiger partial charge in [0.2, 0.25) is 0 Å². The number of hydrogen-bond acceptors (Lipinski definition) is 5. The monoisotopic (exact) mass is 274 g/mol. The molecular weight excluding hydrogens is 248 g/mol. The standard InChI is InChI=1S/C13H26N2O4/c1-10-3-2-4-12(7-10)19-9-11(16)8-15-5-6-18-13(14)17/h10-12,15-16H,2-9H2,1H3,(H2,14,17). The Balaban J connectivity index is 1.98. The highest BCUT2D eigenvalue weighted by molar-refractivity contribution is 5.64. The van der Waals surface area contributed by atoms with Gasteiger partial charge in [-0.25, -0.2) is 4.79 Å². The lowest BCUT2D eigenvalue weighted by atomic mass is 9.89. The fourth-order valence-corrected chi connectivity index (χ4v) is 2.33. The molecule has 0 bridgehead atoms. The van der Waals surface area contributed by atoms with Crippen LogP contribution in [0.5, 0.6) is 0 Å². The van der Waals surface area contributed by atoms with E-state index in [1.54, 1.807) is 0 Å². The van der Waals surface area contributed by atoms with Crippen molar-refractivity contribution in [1.82, 2.24) is 5.32 Å². The van der Waals surface area contributed by atoms with Crippen LogP contribution < -0.4 is 11.1 Å². The van der Waals surface area contributed by atoms with Crippen molar-refractivity contribution >= 4 is 6.09 Å². The maximum Gasteiger partial charge on any atom is 0.404 e. The first-order valence-electron chi connectivity index (χ1n) is 7.00. The van der Waals surface area contributed by atoms with E-state index in [2.05, 4.69) is 17.0 Å². The number of carbonyl (C=O) groups excluding carboxylic acids is 1. The molecule has 1 saturated carbocycles. The second kappa shape index (κ2) is 9.12. The molecule has 1 rings (SSSR count). The molecule has 0 aromatic heterocycles. The van der Waals surface area contributed by atoms with Crippen LogP contribution in [0.25, 0.3) is 0 Å². The molecule has 112 valence electrons. The number of aliphatic hydroxyl groups is 1. The fourth-order valence-electron chi connectivity index (χ4n) is 2.33. The largest absolute Gasteiger partial charge is 0.448 e. The van der Waals surface area contributed by atoms with Gasteiger partial charge in [-0.1, -0.05) is 19.8 Å². The molecule has 1 aliphatic rings. The molecule has 0 spiro atoms. The second-order valence-corrected chi connectivity index (χ2v) is 5.25. The van der Waals surface area contributed by atoms with Gasteiger partial charge in [0.15, 0.2) is 0 Å². The van der Waals surface area contributed by atoms with Gasteiger partial charge < -0.3 is 25.6 Å². The molecule has 6 heteroatoms. The number of hydrogen-bond donors (Lipinski definition) is 3. The summed E-state index contributed by atoms with van der Waals surface area (Å²) in [6, 6.07) is 0. The summed E-state index contributed by atoms with van der Waals surface area (Å²) in [5, 5.41) is 12.7. The lowest BCUT2D eigenvalue weighted by Crippen LogP contribution is -2.35. The van der Waals surface area contributed by atoms with E-state index in [9.17, 15) is 9.90 Å². The Kier molecular flexibility index (Phi) is 7.78. The summed E-state index contributed by atoms with van der Waals surface area (Å²) >= 11 is 0. The SMILES string of the molecule is CC1CCCC(OCC(O)CNCCOC(N)=O)C1. The number of primary amides is 1. The van der Waals surface area contributed by atoms with Gasteiger partial charge in [-0.2, -0.15) is 0 Å². The zero-order chi connectivity index (χ0) is 14.1. The van der Waals surface area contributed by atoms with Crippen LogP contribution in [0.3, 0.4) is 0 Å². The molecular formula is C13H26N2O4. The number of carbonyl (C=O) groups is 1. The van der Waals surface area contributed by atoms with Gasteiger partial charge in [-0.15, -0.1) is 0 Å². The van der Waals surface area contributed by atoms with Crippen molar-refractivity contribution in [2.45, 2.75) is 44.8 Å². The zero-order valence-corrected chi connectivity index (χ0v) is 11.6. The van der Waals surface area contributed by atoms with Crippen molar-refractivity contribution in [3.8, 4) is 0 Å². The summed E-state index contributed by atoms with van der Waals surface area (Å²) in [5.74, 6) is 0.722. The van der Waals surface area contributed by atoms with Crippen molar-refractivity contribution < 1.29 is 19.4 Å². The van der Waals surface area contributed by atoms with Crippen molar-refractivity contribution in [3.05, 3.63) is 0 Å². The van der Waals surface area contributed by atoms with Gasteiger partial charge in [0.1, 0.15) is 6.61 Å². The fraction of sp³-hybridized carbons (Fsp3) is 0.923. The highest BCUT2D eigenvalue weighted by atomic mass is 16.5. The van der Waals surface area contributed by atoms with Crippen molar-refractivity contribution in [2.24, 2.45) is 11.7 Å². The molecule has 1 amide bonds. The number of nitrogens with one attached hydrogen (secondary N) is 1. The molecule has 0 aromatic rings. The molecule has 3 atom stereocenters. The summed E-state index contributed by atoms with van der Waals surface area (Å²) in [6.07, 6.45) is 3.65. The quantitative estimate of drug-likeness (QED) is 0.564. The highest BCUT2D eigenvalue weighted by Gasteiger charge is 2.20. The number of aliphatic hydroxyl groups excluding tert-OH is 1. The van der Waals surface area contributed by atoms with Gasteiger partial charge in [0, 0.05) is 13.1 Å². The zero-order valence-electron chi connectivity index (χ0n) is 11.6. The van der Waals surface area contributed by atoms with Crippen LogP contribution in [0.15, 0.2) is 0 Å². The minimum Gasteiger partial charge on any atom is -0.448 e. The average Bonchev–Trinajstić information content (AvgIpc) is 2.35. The van der Waals surface area contributed by atoms with E-state index in [0.717, 1.165) is 18.8 Å². The van der Waals surface area contributed by atoms with Gasteiger partial charge >= 0.3 is 6.09 Å². The first-order valence-corrected chi connectivity index (χ1v) is 7.00. The van der Waals surface area contributed by atoms with Gasteiger partial charge in [-0.3, -0.25) is 0 Å². The minimum atomic E-state index is -0.780. The van der Waals surface area contributed by atoms with Crippen molar-refractivity contribution in [1.29, 1.82) is 0 Å². The van der Waals surface area contributed by atoms with E-state index in [0.29, 0.717) is 19.7 Å². The summed E-state index contributed by atoms with van der Waals surface area (Å²) in [7, 11) is 0. The Labute approximate surface area is 114 Å². The van der Waals surface area contributed by atoms with E-state index in [-0.39, 0.29) is 12.7 Å². The van der Waals surface area contributed by atoms with Gasteiger partial charge in [-0.05, 0) is 18.8 Å². The second-order valence-electron chi connectivity index (χ2n) is 5.25. The molecule has 19 heavy (non-hydrogen) atoms. The number of ether oxygens (including phenoxy) is 2. The third-order valence-corrected chi connectivity index (χ3v) is 3.32. The molecule has 0 heterocycles. The predicted molar refractivity (Wildman–Crippen MR) is 71.8 cm³/mol. The first-order chi connectivity index (χ1) is 9.08. The molecule has 0 saturated heterocycles. The minimum absolute atomic E-state index is 0.211. The number of rotatable bonds is 8. The molecule has 1 aliphatic carbocycles. The maximum absolute atomic E-state index is 10.3. The molecule has 3 unspecified atom stereocenters. The van der Waals surface area contributed by atoms with Gasteiger partial charge in [0.25, 0.3) is 0 Å². The van der Waals surface area contributed by atoms with Crippen LogP contribution in [0.1, 0.15) is 32.6 Å². The Hall–Kier alpha value is -0.850. The molecule has 0 aromatic carbocycles.